The molecule has 0 aliphatic heterocycles. The average molecular weight is 253 g/mol. The highest BCUT2D eigenvalue weighted by Gasteiger charge is 2.02. The molecule has 0 aromatic heterocycles. The third-order valence-corrected chi connectivity index (χ3v) is 3.11. The van der Waals surface area contributed by atoms with Crippen LogP contribution in [0.3, 0.4) is 0 Å². The quantitative estimate of drug-likeness (QED) is 0.865. The zero-order valence-electron chi connectivity index (χ0n) is 11.4. The van der Waals surface area contributed by atoms with Crippen LogP contribution in [0.5, 0.6) is 5.75 Å². The van der Waals surface area contributed by atoms with Gasteiger partial charge in [0.05, 0.1) is 7.11 Å². The number of benzene rings is 2. The van der Waals surface area contributed by atoms with E-state index >= 15 is 0 Å². The van der Waals surface area contributed by atoms with Gasteiger partial charge in [-0.2, -0.15) is 0 Å². The van der Waals surface area contributed by atoms with Crippen molar-refractivity contribution >= 4 is 11.3 Å². The molecule has 0 radical (unpaired) electrons. The number of nitrogens with one attached hydrogen (secondary N) is 1. The van der Waals surface area contributed by atoms with E-state index in [0.717, 1.165) is 23.6 Å². The summed E-state index contributed by atoms with van der Waals surface area (Å²) in [5, 5.41) is 3.41. The fourth-order valence-electron chi connectivity index (χ4n) is 1.94. The van der Waals surface area contributed by atoms with Crippen LogP contribution in [-0.2, 0) is 0 Å². The first-order valence-corrected chi connectivity index (χ1v) is 6.32. The maximum absolute atomic E-state index is 5.20. The predicted molar refractivity (Wildman–Crippen MR) is 81.7 cm³/mol. The Morgan fingerprint density at radius 2 is 1.89 bits per heavy atom. The zero-order valence-corrected chi connectivity index (χ0v) is 11.4. The van der Waals surface area contributed by atoms with Crippen LogP contribution in [-0.4, -0.2) is 13.7 Å². The van der Waals surface area contributed by atoms with E-state index in [-0.39, 0.29) is 0 Å². The lowest BCUT2D eigenvalue weighted by molar-refractivity contribution is 0.414. The minimum absolute atomic E-state index is 0.733. The molecule has 98 valence electrons. The van der Waals surface area contributed by atoms with Gasteiger partial charge in [0.25, 0.3) is 0 Å². The average Bonchev–Trinajstić information content (AvgIpc) is 2.46. The van der Waals surface area contributed by atoms with Crippen molar-refractivity contribution in [1.82, 2.24) is 0 Å². The number of hydrogen-bond acceptors (Lipinski definition) is 2. The molecule has 2 heteroatoms. The normalized spacial score (nSPS) is 10.0. The number of methoxy groups -OCH3 is 1. The molecule has 2 rings (SSSR count). The largest absolute Gasteiger partial charge is 0.497 e. The number of rotatable bonds is 5. The second kappa shape index (κ2) is 6.10. The molecule has 0 atom stereocenters. The first-order chi connectivity index (χ1) is 9.20. The van der Waals surface area contributed by atoms with Crippen molar-refractivity contribution in [3.8, 4) is 5.75 Å². The Kier molecular flexibility index (Phi) is 4.24. The van der Waals surface area contributed by atoms with Crippen LogP contribution in [0.25, 0.3) is 5.57 Å². The third-order valence-electron chi connectivity index (χ3n) is 3.11. The van der Waals surface area contributed by atoms with Gasteiger partial charge < -0.3 is 10.1 Å². The van der Waals surface area contributed by atoms with Crippen molar-refractivity contribution < 1.29 is 4.74 Å². The van der Waals surface area contributed by atoms with Gasteiger partial charge in [0.15, 0.2) is 0 Å². The highest BCUT2D eigenvalue weighted by Crippen LogP contribution is 2.22. The van der Waals surface area contributed by atoms with Crippen molar-refractivity contribution in [2.24, 2.45) is 0 Å². The SMILES string of the molecule is C=C(CNc1ccc(OC)cc1C)c1ccccc1. The monoisotopic (exact) mass is 253 g/mol. The molecule has 0 aliphatic carbocycles. The lowest BCUT2D eigenvalue weighted by atomic mass is 10.1. The molecule has 19 heavy (non-hydrogen) atoms. The fraction of sp³-hybridized carbons (Fsp3) is 0.176. The van der Waals surface area contributed by atoms with Gasteiger partial charge in [0, 0.05) is 12.2 Å². The molecular formula is C17H19NO. The highest BCUT2D eigenvalue weighted by atomic mass is 16.5. The molecule has 0 saturated carbocycles. The second-order valence-corrected chi connectivity index (χ2v) is 4.50. The maximum Gasteiger partial charge on any atom is 0.119 e. The van der Waals surface area contributed by atoms with Gasteiger partial charge >= 0.3 is 0 Å². The van der Waals surface area contributed by atoms with Crippen LogP contribution < -0.4 is 10.1 Å². The summed E-state index contributed by atoms with van der Waals surface area (Å²) >= 11 is 0. The van der Waals surface area contributed by atoms with Gasteiger partial charge in [0.2, 0.25) is 0 Å². The zero-order chi connectivity index (χ0) is 13.7. The fourth-order valence-corrected chi connectivity index (χ4v) is 1.94. The van der Waals surface area contributed by atoms with Crippen molar-refractivity contribution in [3.05, 3.63) is 66.2 Å². The van der Waals surface area contributed by atoms with Crippen LogP contribution >= 0.6 is 0 Å². The number of aryl methyl sites for hydroxylation is 1. The van der Waals surface area contributed by atoms with Crippen LogP contribution in [0.4, 0.5) is 5.69 Å². The van der Waals surface area contributed by atoms with Crippen LogP contribution in [0, 0.1) is 6.92 Å². The molecular weight excluding hydrogens is 234 g/mol. The van der Waals surface area contributed by atoms with E-state index in [2.05, 4.69) is 31.0 Å². The van der Waals surface area contributed by atoms with Gasteiger partial charge in [-0.15, -0.1) is 0 Å². The molecule has 0 aliphatic rings. The molecule has 2 nitrogen and oxygen atoms in total. The van der Waals surface area contributed by atoms with Gasteiger partial charge in [-0.25, -0.2) is 0 Å². The number of ether oxygens (including phenoxy) is 1. The summed E-state index contributed by atoms with van der Waals surface area (Å²) in [4.78, 5) is 0. The second-order valence-electron chi connectivity index (χ2n) is 4.50. The molecule has 0 fully saturated rings. The van der Waals surface area contributed by atoms with Gasteiger partial charge in [0.1, 0.15) is 5.75 Å². The van der Waals surface area contributed by atoms with E-state index in [4.69, 9.17) is 4.74 Å². The van der Waals surface area contributed by atoms with Crippen LogP contribution in [0.1, 0.15) is 11.1 Å². The molecule has 0 spiro atoms. The van der Waals surface area contributed by atoms with Crippen LogP contribution in [0.2, 0.25) is 0 Å². The summed E-state index contributed by atoms with van der Waals surface area (Å²) in [6.07, 6.45) is 0. The molecule has 0 bridgehead atoms. The molecule has 0 amide bonds. The Bertz CT molecular complexity index is 561. The van der Waals surface area contributed by atoms with E-state index in [1.54, 1.807) is 7.11 Å². The van der Waals surface area contributed by atoms with Crippen LogP contribution in [0.15, 0.2) is 55.1 Å². The van der Waals surface area contributed by atoms with E-state index in [9.17, 15) is 0 Å². The van der Waals surface area contributed by atoms with E-state index in [1.807, 2.05) is 36.4 Å². The lowest BCUT2D eigenvalue weighted by Gasteiger charge is -2.12. The molecule has 0 saturated heterocycles. The number of hydrogen-bond donors (Lipinski definition) is 1. The van der Waals surface area contributed by atoms with Gasteiger partial charge in [-0.3, -0.25) is 0 Å². The number of anilines is 1. The standard InChI is InChI=1S/C17H19NO/c1-13-11-16(19-3)9-10-17(13)18-12-14(2)15-7-5-4-6-8-15/h4-11,18H,2,12H2,1,3H3. The topological polar surface area (TPSA) is 21.3 Å². The highest BCUT2D eigenvalue weighted by molar-refractivity contribution is 5.68. The van der Waals surface area contributed by atoms with E-state index in [0.29, 0.717) is 0 Å². The van der Waals surface area contributed by atoms with Gasteiger partial charge in [-0.05, 0) is 41.8 Å². The summed E-state index contributed by atoms with van der Waals surface area (Å²) in [6, 6.07) is 16.2. The summed E-state index contributed by atoms with van der Waals surface area (Å²) in [5.74, 6) is 0.880. The van der Waals surface area contributed by atoms with Gasteiger partial charge in [-0.1, -0.05) is 36.9 Å². The molecule has 2 aromatic carbocycles. The molecule has 2 aromatic rings. The summed E-state index contributed by atoms with van der Waals surface area (Å²) in [5.41, 5.74) is 4.52. The lowest BCUT2D eigenvalue weighted by Crippen LogP contribution is -2.04. The Balaban J connectivity index is 2.01. The third kappa shape index (κ3) is 3.38. The summed E-state index contributed by atoms with van der Waals surface area (Å²) < 4.78 is 5.20. The molecule has 0 heterocycles. The predicted octanol–water partition coefficient (Wildman–Crippen LogP) is 4.13. The Morgan fingerprint density at radius 1 is 1.16 bits per heavy atom. The van der Waals surface area contributed by atoms with Crippen molar-refractivity contribution in [2.45, 2.75) is 6.92 Å². The Labute approximate surface area is 114 Å². The van der Waals surface area contributed by atoms with Crippen molar-refractivity contribution in [3.63, 3.8) is 0 Å². The first kappa shape index (κ1) is 13.2. The van der Waals surface area contributed by atoms with Crippen molar-refractivity contribution in [2.75, 3.05) is 19.0 Å². The van der Waals surface area contributed by atoms with E-state index < -0.39 is 0 Å². The molecule has 1 N–H and O–H groups in total. The summed E-state index contributed by atoms with van der Waals surface area (Å²) in [6.45, 7) is 6.92. The van der Waals surface area contributed by atoms with Crippen molar-refractivity contribution in [1.29, 1.82) is 0 Å². The smallest absolute Gasteiger partial charge is 0.119 e. The van der Waals surface area contributed by atoms with E-state index in [1.165, 1.54) is 11.1 Å². The minimum atomic E-state index is 0.733. The minimum Gasteiger partial charge on any atom is -0.497 e. The Hall–Kier alpha value is -2.22. The Morgan fingerprint density at radius 3 is 2.53 bits per heavy atom. The molecule has 0 unspecified atom stereocenters. The maximum atomic E-state index is 5.20. The summed E-state index contributed by atoms with van der Waals surface area (Å²) in [7, 11) is 1.68. The first-order valence-electron chi connectivity index (χ1n) is 6.32.